The number of nitrogens with zero attached hydrogens (tertiary/aromatic N) is 1. The van der Waals surface area contributed by atoms with E-state index in [0.29, 0.717) is 6.07 Å². The lowest BCUT2D eigenvalue weighted by molar-refractivity contribution is -0.386. The van der Waals surface area contributed by atoms with Gasteiger partial charge in [0.2, 0.25) is 15.8 Å². The number of rotatable bonds is 4. The van der Waals surface area contributed by atoms with E-state index in [1.807, 2.05) is 0 Å². The number of sulfonamides is 1. The Morgan fingerprint density at radius 3 is 2.39 bits per heavy atom. The van der Waals surface area contributed by atoms with Crippen molar-refractivity contribution in [1.82, 2.24) is 0 Å². The van der Waals surface area contributed by atoms with Gasteiger partial charge in [0.05, 0.1) is 9.82 Å². The summed E-state index contributed by atoms with van der Waals surface area (Å²) in [5.74, 6) is -0.692. The van der Waals surface area contributed by atoms with Gasteiger partial charge in [-0.1, -0.05) is 0 Å². The van der Waals surface area contributed by atoms with Gasteiger partial charge in [0, 0.05) is 6.07 Å². The lowest BCUT2D eigenvalue weighted by Crippen LogP contribution is -2.14. The fraction of sp³-hybridized carbons (Fsp3) is 0.250. The van der Waals surface area contributed by atoms with Crippen molar-refractivity contribution >= 4 is 15.7 Å². The summed E-state index contributed by atoms with van der Waals surface area (Å²) in [4.78, 5) is 9.10. The van der Waals surface area contributed by atoms with E-state index in [9.17, 15) is 27.3 Å². The zero-order chi connectivity index (χ0) is 14.1. The highest BCUT2D eigenvalue weighted by Gasteiger charge is 2.25. The Morgan fingerprint density at radius 1 is 1.44 bits per heavy atom. The molecule has 0 radical (unpaired) electrons. The third kappa shape index (κ3) is 3.11. The van der Waals surface area contributed by atoms with Gasteiger partial charge in [-0.3, -0.25) is 10.1 Å². The third-order valence-electron chi connectivity index (χ3n) is 1.96. The highest BCUT2D eigenvalue weighted by atomic mass is 32.2. The minimum Gasteiger partial charge on any atom is -0.427 e. The van der Waals surface area contributed by atoms with Crippen molar-refractivity contribution in [2.24, 2.45) is 5.14 Å². The summed E-state index contributed by atoms with van der Waals surface area (Å²) in [6.45, 7) is -2.07. The molecule has 0 saturated carbocycles. The van der Waals surface area contributed by atoms with Crippen molar-refractivity contribution in [3.8, 4) is 5.75 Å². The number of ether oxygens (including phenoxy) is 1. The van der Waals surface area contributed by atoms with Crippen molar-refractivity contribution in [3.05, 3.63) is 27.8 Å². The minimum absolute atomic E-state index is 0.131. The summed E-state index contributed by atoms with van der Waals surface area (Å²) in [6, 6.07) is 1.49. The molecule has 7 nitrogen and oxygen atoms in total. The molecule has 2 N–H and O–H groups in total. The Morgan fingerprint density at radius 2 is 2.00 bits per heavy atom. The van der Waals surface area contributed by atoms with Crippen LogP contribution in [0.3, 0.4) is 0 Å². The number of primary sulfonamides is 1. The number of aryl methyl sites for hydroxylation is 1. The predicted octanol–water partition coefficient (Wildman–Crippen LogP) is 1.15. The second-order valence-electron chi connectivity index (χ2n) is 3.27. The Labute approximate surface area is 100 Å². The van der Waals surface area contributed by atoms with Crippen LogP contribution in [0.15, 0.2) is 17.0 Å². The van der Waals surface area contributed by atoms with E-state index < -0.39 is 37.9 Å². The molecular formula is C8H8F2N2O5S. The maximum Gasteiger partial charge on any atom is 0.387 e. The van der Waals surface area contributed by atoms with Crippen LogP contribution >= 0.6 is 0 Å². The molecule has 0 heterocycles. The zero-order valence-corrected chi connectivity index (χ0v) is 9.78. The van der Waals surface area contributed by atoms with E-state index in [-0.39, 0.29) is 5.56 Å². The summed E-state index contributed by atoms with van der Waals surface area (Å²) in [5.41, 5.74) is -1.02. The number of halogens is 2. The van der Waals surface area contributed by atoms with Crippen molar-refractivity contribution in [3.63, 3.8) is 0 Å². The van der Waals surface area contributed by atoms with Gasteiger partial charge in [0.1, 0.15) is 0 Å². The molecular weight excluding hydrogens is 274 g/mol. The summed E-state index contributed by atoms with van der Waals surface area (Å²) in [7, 11) is -4.17. The van der Waals surface area contributed by atoms with Crippen LogP contribution in [0, 0.1) is 17.0 Å². The molecule has 0 aromatic heterocycles. The Hall–Kier alpha value is -1.81. The number of hydrogen-bond donors (Lipinski definition) is 1. The first-order chi connectivity index (χ1) is 8.12. The van der Waals surface area contributed by atoms with E-state index >= 15 is 0 Å². The molecule has 100 valence electrons. The number of alkyl halides is 2. The van der Waals surface area contributed by atoms with Crippen molar-refractivity contribution in [2.45, 2.75) is 18.4 Å². The smallest absolute Gasteiger partial charge is 0.387 e. The Kier molecular flexibility index (Phi) is 3.82. The fourth-order valence-electron chi connectivity index (χ4n) is 1.27. The van der Waals surface area contributed by atoms with Gasteiger partial charge in [-0.2, -0.15) is 8.78 Å². The maximum atomic E-state index is 12.1. The van der Waals surface area contributed by atoms with Crippen LogP contribution in [-0.4, -0.2) is 20.0 Å². The van der Waals surface area contributed by atoms with Crippen LogP contribution in [0.25, 0.3) is 0 Å². The van der Waals surface area contributed by atoms with Crippen LogP contribution in [-0.2, 0) is 10.0 Å². The van der Waals surface area contributed by atoms with Gasteiger partial charge in [-0.05, 0) is 18.6 Å². The quantitative estimate of drug-likeness (QED) is 0.657. The molecule has 0 atom stereocenters. The average Bonchev–Trinajstić information content (AvgIpc) is 2.17. The Bertz CT molecular complexity index is 587. The molecule has 1 aromatic rings. The SMILES string of the molecule is Cc1cc(S(N)(=O)=O)cc([N+](=O)[O-])c1OC(F)F. The average molecular weight is 282 g/mol. The summed E-state index contributed by atoms with van der Waals surface area (Å²) in [6.07, 6.45) is 0. The molecule has 1 aromatic carbocycles. The molecule has 0 aliphatic carbocycles. The van der Waals surface area contributed by atoms with Crippen molar-refractivity contribution in [1.29, 1.82) is 0 Å². The van der Waals surface area contributed by atoms with Gasteiger partial charge in [-0.15, -0.1) is 0 Å². The summed E-state index contributed by atoms with van der Waals surface area (Å²) in [5, 5.41) is 15.5. The highest BCUT2D eigenvalue weighted by molar-refractivity contribution is 7.89. The lowest BCUT2D eigenvalue weighted by atomic mass is 10.2. The van der Waals surface area contributed by atoms with Crippen LogP contribution in [0.1, 0.15) is 5.56 Å². The summed E-state index contributed by atoms with van der Waals surface area (Å²) < 4.78 is 50.3. The molecule has 18 heavy (non-hydrogen) atoms. The van der Waals surface area contributed by atoms with Crippen LogP contribution in [0.4, 0.5) is 14.5 Å². The standard InChI is InChI=1S/C8H8F2N2O5S/c1-4-2-5(18(11,15)16)3-6(12(13)14)7(4)17-8(9)10/h2-3,8H,1H3,(H2,11,15,16). The second kappa shape index (κ2) is 4.82. The van der Waals surface area contributed by atoms with Gasteiger partial charge >= 0.3 is 12.3 Å². The molecule has 0 fully saturated rings. The lowest BCUT2D eigenvalue weighted by Gasteiger charge is -2.09. The summed E-state index contributed by atoms with van der Waals surface area (Å²) >= 11 is 0. The number of nitrogens with two attached hydrogens (primary N) is 1. The molecule has 0 spiro atoms. The van der Waals surface area contributed by atoms with Gasteiger partial charge in [-0.25, -0.2) is 13.6 Å². The molecule has 1 rings (SSSR count). The number of hydrogen-bond acceptors (Lipinski definition) is 5. The highest BCUT2D eigenvalue weighted by Crippen LogP contribution is 2.34. The molecule has 0 saturated heterocycles. The van der Waals surface area contributed by atoms with Crippen LogP contribution in [0.2, 0.25) is 0 Å². The Balaban J connectivity index is 3.51. The normalized spacial score (nSPS) is 11.6. The van der Waals surface area contributed by atoms with Gasteiger partial charge < -0.3 is 4.74 Å². The van der Waals surface area contributed by atoms with Crippen LogP contribution in [0.5, 0.6) is 5.75 Å². The number of benzene rings is 1. The van der Waals surface area contributed by atoms with E-state index in [1.165, 1.54) is 6.92 Å². The second-order valence-corrected chi connectivity index (χ2v) is 4.83. The number of nitro groups is 1. The van der Waals surface area contributed by atoms with E-state index in [0.717, 1.165) is 6.07 Å². The molecule has 0 bridgehead atoms. The largest absolute Gasteiger partial charge is 0.427 e. The molecule has 0 amide bonds. The minimum atomic E-state index is -4.17. The topological polar surface area (TPSA) is 113 Å². The van der Waals surface area contributed by atoms with Gasteiger partial charge in [0.15, 0.2) is 0 Å². The molecule has 0 aliphatic heterocycles. The van der Waals surface area contributed by atoms with E-state index in [4.69, 9.17) is 5.14 Å². The predicted molar refractivity (Wildman–Crippen MR) is 55.8 cm³/mol. The van der Waals surface area contributed by atoms with Crippen molar-refractivity contribution < 1.29 is 26.9 Å². The zero-order valence-electron chi connectivity index (χ0n) is 8.96. The van der Waals surface area contributed by atoms with Crippen molar-refractivity contribution in [2.75, 3.05) is 0 Å². The van der Waals surface area contributed by atoms with E-state index in [2.05, 4.69) is 4.74 Å². The first-order valence-electron chi connectivity index (χ1n) is 4.39. The molecule has 0 aliphatic rings. The van der Waals surface area contributed by atoms with E-state index in [1.54, 1.807) is 0 Å². The molecule has 0 unspecified atom stereocenters. The first kappa shape index (κ1) is 14.3. The monoisotopic (exact) mass is 282 g/mol. The first-order valence-corrected chi connectivity index (χ1v) is 5.94. The van der Waals surface area contributed by atoms with Gasteiger partial charge in [0.25, 0.3) is 0 Å². The maximum absolute atomic E-state index is 12.1. The van der Waals surface area contributed by atoms with Crippen LogP contribution < -0.4 is 9.88 Å². The third-order valence-corrected chi connectivity index (χ3v) is 2.85. The number of nitro benzene ring substituents is 1. The molecule has 10 heteroatoms. The fourth-order valence-corrected chi connectivity index (χ4v) is 1.88.